The lowest BCUT2D eigenvalue weighted by Crippen LogP contribution is -2.19. The van der Waals surface area contributed by atoms with Crippen molar-refractivity contribution >= 4 is 22.1 Å². The molecule has 0 bridgehead atoms. The third-order valence-electron chi connectivity index (χ3n) is 6.41. The van der Waals surface area contributed by atoms with Crippen LogP contribution in [0.25, 0.3) is 38.9 Å². The zero-order valence-corrected chi connectivity index (χ0v) is 20.3. The van der Waals surface area contributed by atoms with Gasteiger partial charge in [0, 0.05) is 51.5 Å². The molecule has 0 saturated carbocycles. The minimum absolute atomic E-state index is 0.000239. The highest BCUT2D eigenvalue weighted by Crippen LogP contribution is 2.37. The molecule has 0 aliphatic rings. The zero-order chi connectivity index (χ0) is 25.4. The number of aromatic nitrogens is 6. The topological polar surface area (TPSA) is 62.6 Å². The SMILES string of the molecule is CC(C)c1cc(-n2c(C(C)(F)F)nc3cc(-c4cnn(C)c4)c(F)cc32)cc2c1n(C)c(=O)n2C. The van der Waals surface area contributed by atoms with Gasteiger partial charge in [-0.1, -0.05) is 13.8 Å². The Balaban J connectivity index is 1.87. The van der Waals surface area contributed by atoms with Gasteiger partial charge in [-0.3, -0.25) is 18.4 Å². The molecule has 0 radical (unpaired) electrons. The van der Waals surface area contributed by atoms with Crippen molar-refractivity contribution in [2.45, 2.75) is 32.6 Å². The summed E-state index contributed by atoms with van der Waals surface area (Å²) in [6, 6.07) is 6.14. The number of imidazole rings is 2. The number of aryl methyl sites for hydroxylation is 3. The van der Waals surface area contributed by atoms with Gasteiger partial charge in [-0.15, -0.1) is 0 Å². The predicted molar refractivity (Wildman–Crippen MR) is 129 cm³/mol. The van der Waals surface area contributed by atoms with Gasteiger partial charge in [-0.05, 0) is 29.7 Å². The molecule has 0 amide bonds. The fourth-order valence-electron chi connectivity index (χ4n) is 4.68. The molecule has 0 N–H and O–H groups in total. The monoisotopic (exact) mass is 482 g/mol. The average molecular weight is 483 g/mol. The van der Waals surface area contributed by atoms with Crippen molar-refractivity contribution < 1.29 is 13.2 Å². The minimum Gasteiger partial charge on any atom is -0.295 e. The van der Waals surface area contributed by atoms with Crippen molar-refractivity contribution in [1.82, 2.24) is 28.5 Å². The van der Waals surface area contributed by atoms with Crippen LogP contribution in [0.2, 0.25) is 0 Å². The molecule has 35 heavy (non-hydrogen) atoms. The van der Waals surface area contributed by atoms with Crippen LogP contribution in [0.3, 0.4) is 0 Å². The first kappa shape index (κ1) is 22.9. The Morgan fingerprint density at radius 1 is 1.00 bits per heavy atom. The molecule has 0 aliphatic carbocycles. The third kappa shape index (κ3) is 3.46. The smallest absolute Gasteiger partial charge is 0.295 e. The van der Waals surface area contributed by atoms with Gasteiger partial charge in [-0.25, -0.2) is 14.2 Å². The molecule has 3 heterocycles. The average Bonchev–Trinajstić information content (AvgIpc) is 3.44. The maximum absolute atomic E-state index is 15.3. The molecule has 5 aromatic rings. The maximum atomic E-state index is 15.3. The number of hydrogen-bond donors (Lipinski definition) is 0. The number of nitrogens with zero attached hydrogens (tertiary/aromatic N) is 6. The number of benzene rings is 2. The van der Waals surface area contributed by atoms with Crippen molar-refractivity contribution in [3.8, 4) is 16.8 Å². The Kier molecular flexibility index (Phi) is 4.98. The molecule has 0 spiro atoms. The Labute approximate surface area is 199 Å². The summed E-state index contributed by atoms with van der Waals surface area (Å²) in [5.41, 5.74) is 3.50. The number of fused-ring (bicyclic) bond motifs is 2. The van der Waals surface area contributed by atoms with Crippen molar-refractivity contribution in [3.63, 3.8) is 0 Å². The van der Waals surface area contributed by atoms with Gasteiger partial charge >= 0.3 is 11.6 Å². The maximum Gasteiger partial charge on any atom is 0.328 e. The van der Waals surface area contributed by atoms with E-state index in [1.54, 1.807) is 44.0 Å². The standard InChI is InChI=1S/C25H25F3N6O/c1-13(2)16-7-15(8-21-22(16)33(6)24(35)32(21)5)34-20-10-18(26)17(14-11-29-31(4)12-14)9-19(20)30-23(34)25(3,27)28/h7-13H,1-6H3. The van der Waals surface area contributed by atoms with E-state index in [2.05, 4.69) is 10.1 Å². The first-order valence-corrected chi connectivity index (χ1v) is 11.2. The van der Waals surface area contributed by atoms with Gasteiger partial charge in [-0.2, -0.15) is 13.9 Å². The Bertz CT molecular complexity index is 1680. The number of halogens is 3. The second kappa shape index (κ2) is 7.59. The van der Waals surface area contributed by atoms with Crippen molar-refractivity contribution in [2.24, 2.45) is 21.1 Å². The molecule has 10 heteroatoms. The van der Waals surface area contributed by atoms with Crippen LogP contribution in [0.15, 0.2) is 41.5 Å². The molecule has 7 nitrogen and oxygen atoms in total. The highest BCUT2D eigenvalue weighted by atomic mass is 19.3. The van der Waals surface area contributed by atoms with E-state index in [0.29, 0.717) is 16.8 Å². The number of alkyl halides is 2. The Hall–Kier alpha value is -3.82. The number of rotatable bonds is 4. The fourth-order valence-corrected chi connectivity index (χ4v) is 4.68. The molecule has 0 atom stereocenters. The largest absolute Gasteiger partial charge is 0.328 e. The van der Waals surface area contributed by atoms with Gasteiger partial charge in [0.15, 0.2) is 5.82 Å². The van der Waals surface area contributed by atoms with Crippen LogP contribution >= 0.6 is 0 Å². The van der Waals surface area contributed by atoms with Crippen molar-refractivity contribution in [3.05, 3.63) is 64.3 Å². The van der Waals surface area contributed by atoms with E-state index in [9.17, 15) is 13.6 Å². The summed E-state index contributed by atoms with van der Waals surface area (Å²) in [5, 5.41) is 4.07. The van der Waals surface area contributed by atoms with Gasteiger partial charge in [0.1, 0.15) is 5.82 Å². The lowest BCUT2D eigenvalue weighted by molar-refractivity contribution is 0.00670. The van der Waals surface area contributed by atoms with E-state index >= 15 is 4.39 Å². The summed E-state index contributed by atoms with van der Waals surface area (Å²) >= 11 is 0. The summed E-state index contributed by atoms with van der Waals surface area (Å²) < 4.78 is 50.8. The van der Waals surface area contributed by atoms with Crippen LogP contribution in [-0.4, -0.2) is 28.5 Å². The van der Waals surface area contributed by atoms with Crippen LogP contribution in [0.4, 0.5) is 13.2 Å². The molecule has 0 saturated heterocycles. The predicted octanol–water partition coefficient (Wildman–Crippen LogP) is 4.99. The molecule has 0 aliphatic heterocycles. The third-order valence-corrected chi connectivity index (χ3v) is 6.41. The molecule has 182 valence electrons. The molecule has 3 aromatic heterocycles. The van der Waals surface area contributed by atoms with Crippen LogP contribution in [-0.2, 0) is 27.1 Å². The van der Waals surface area contributed by atoms with E-state index in [1.807, 2.05) is 13.8 Å². The van der Waals surface area contributed by atoms with E-state index in [-0.39, 0.29) is 28.2 Å². The summed E-state index contributed by atoms with van der Waals surface area (Å²) in [6.07, 6.45) is 3.16. The zero-order valence-electron chi connectivity index (χ0n) is 20.3. The van der Waals surface area contributed by atoms with E-state index < -0.39 is 17.6 Å². The van der Waals surface area contributed by atoms with Gasteiger partial charge in [0.25, 0.3) is 0 Å². The quantitative estimate of drug-likeness (QED) is 0.363. The molecule has 0 fully saturated rings. The van der Waals surface area contributed by atoms with E-state index in [4.69, 9.17) is 0 Å². The van der Waals surface area contributed by atoms with Crippen LogP contribution in [0.5, 0.6) is 0 Å². The highest BCUT2D eigenvalue weighted by Gasteiger charge is 2.33. The Morgan fingerprint density at radius 2 is 1.71 bits per heavy atom. The van der Waals surface area contributed by atoms with Gasteiger partial charge in [0.2, 0.25) is 0 Å². The fraction of sp³-hybridized carbons (Fsp3) is 0.320. The molecular formula is C25H25F3N6O. The second-order valence-corrected chi connectivity index (χ2v) is 9.34. The van der Waals surface area contributed by atoms with Crippen molar-refractivity contribution in [1.29, 1.82) is 0 Å². The van der Waals surface area contributed by atoms with Crippen LogP contribution in [0, 0.1) is 5.82 Å². The summed E-state index contributed by atoms with van der Waals surface area (Å²) in [4.78, 5) is 16.9. The van der Waals surface area contributed by atoms with Crippen LogP contribution < -0.4 is 5.69 Å². The summed E-state index contributed by atoms with van der Waals surface area (Å²) in [7, 11) is 5.04. The normalized spacial score (nSPS) is 12.5. The molecular weight excluding hydrogens is 457 g/mol. The van der Waals surface area contributed by atoms with Gasteiger partial charge in [0.05, 0.1) is 34.0 Å². The van der Waals surface area contributed by atoms with E-state index in [1.165, 1.54) is 32.1 Å². The van der Waals surface area contributed by atoms with E-state index in [0.717, 1.165) is 18.0 Å². The molecule has 5 rings (SSSR count). The van der Waals surface area contributed by atoms with Crippen molar-refractivity contribution in [2.75, 3.05) is 0 Å². The molecule has 0 unspecified atom stereocenters. The second-order valence-electron chi connectivity index (χ2n) is 9.34. The first-order valence-electron chi connectivity index (χ1n) is 11.2. The minimum atomic E-state index is -3.31. The summed E-state index contributed by atoms with van der Waals surface area (Å²) in [6.45, 7) is 4.71. The summed E-state index contributed by atoms with van der Waals surface area (Å²) in [5.74, 6) is -4.39. The Morgan fingerprint density at radius 3 is 2.31 bits per heavy atom. The molecule has 2 aromatic carbocycles. The lowest BCUT2D eigenvalue weighted by Gasteiger charge is -2.17. The number of hydrogen-bond acceptors (Lipinski definition) is 3. The lowest BCUT2D eigenvalue weighted by atomic mass is 10.00. The van der Waals surface area contributed by atoms with Gasteiger partial charge < -0.3 is 0 Å². The van der Waals surface area contributed by atoms with Crippen LogP contribution in [0.1, 0.15) is 38.1 Å². The highest BCUT2D eigenvalue weighted by molar-refractivity contribution is 5.87. The first-order chi connectivity index (χ1) is 16.4.